The number of hydrogen-bond acceptors (Lipinski definition) is 4. The van der Waals surface area contributed by atoms with Gasteiger partial charge in [-0.2, -0.15) is 0 Å². The number of nitrogens with zero attached hydrogens (tertiary/aromatic N) is 1. The molecule has 1 fully saturated rings. The van der Waals surface area contributed by atoms with Crippen LogP contribution in [0.3, 0.4) is 0 Å². The van der Waals surface area contributed by atoms with E-state index in [1.54, 1.807) is 54.6 Å². The number of aliphatic hydroxyl groups is 1. The third-order valence-electron chi connectivity index (χ3n) is 4.77. The summed E-state index contributed by atoms with van der Waals surface area (Å²) in [6, 6.07) is 14.2. The maximum absolute atomic E-state index is 13.0. The quantitative estimate of drug-likeness (QED) is 0.305. The fraction of sp³-hybridized carbons (Fsp3) is 0.0909. The Bertz CT molecular complexity index is 1150. The second-order valence-corrected chi connectivity index (χ2v) is 7.92. The van der Waals surface area contributed by atoms with Crippen molar-refractivity contribution < 1.29 is 19.1 Å². The fourth-order valence-corrected chi connectivity index (χ4v) is 3.82. The van der Waals surface area contributed by atoms with Crippen molar-refractivity contribution in [2.45, 2.75) is 13.0 Å². The van der Waals surface area contributed by atoms with Crippen LogP contribution < -0.4 is 4.90 Å². The fourth-order valence-electron chi connectivity index (χ4n) is 3.39. The first kappa shape index (κ1) is 19.5. The number of anilines is 1. The molecule has 1 amide bonds. The van der Waals surface area contributed by atoms with Gasteiger partial charge in [0.25, 0.3) is 11.7 Å². The Labute approximate surface area is 180 Å². The van der Waals surface area contributed by atoms with Crippen LogP contribution in [0.5, 0.6) is 0 Å². The highest BCUT2D eigenvalue weighted by Crippen LogP contribution is 2.42. The molecule has 29 heavy (non-hydrogen) atoms. The minimum atomic E-state index is -0.910. The van der Waals surface area contributed by atoms with Gasteiger partial charge < -0.3 is 9.52 Å². The van der Waals surface area contributed by atoms with Crippen LogP contribution in [0, 0.1) is 6.92 Å². The molecule has 1 aliphatic heterocycles. The van der Waals surface area contributed by atoms with Crippen LogP contribution in [0.4, 0.5) is 5.69 Å². The molecular weight excluding hydrogens is 458 g/mol. The molecule has 1 N–H and O–H groups in total. The van der Waals surface area contributed by atoms with Crippen LogP contribution in [-0.4, -0.2) is 16.8 Å². The molecule has 5 nitrogen and oxygen atoms in total. The van der Waals surface area contributed by atoms with Crippen molar-refractivity contribution in [1.29, 1.82) is 0 Å². The zero-order valence-electron chi connectivity index (χ0n) is 15.2. The van der Waals surface area contributed by atoms with Crippen LogP contribution in [0.15, 0.2) is 75.3 Å². The van der Waals surface area contributed by atoms with Crippen molar-refractivity contribution in [3.8, 4) is 0 Å². The molecule has 0 radical (unpaired) electrons. The molecule has 1 aromatic heterocycles. The lowest BCUT2D eigenvalue weighted by atomic mass is 9.98. The largest absolute Gasteiger partial charge is 0.507 e. The summed E-state index contributed by atoms with van der Waals surface area (Å²) in [5, 5.41) is 11.4. The summed E-state index contributed by atoms with van der Waals surface area (Å²) >= 11 is 9.51. The van der Waals surface area contributed by atoms with E-state index in [-0.39, 0.29) is 11.3 Å². The van der Waals surface area contributed by atoms with Gasteiger partial charge in [-0.1, -0.05) is 39.7 Å². The average molecular weight is 473 g/mol. The first-order chi connectivity index (χ1) is 13.9. The highest BCUT2D eigenvalue weighted by molar-refractivity contribution is 9.10. The Morgan fingerprint density at radius 3 is 2.59 bits per heavy atom. The van der Waals surface area contributed by atoms with Crippen molar-refractivity contribution in [3.63, 3.8) is 0 Å². The Kier molecular flexibility index (Phi) is 5.06. The zero-order chi connectivity index (χ0) is 20.7. The van der Waals surface area contributed by atoms with Crippen LogP contribution in [0.2, 0.25) is 5.02 Å². The van der Waals surface area contributed by atoms with Gasteiger partial charge in [-0.3, -0.25) is 14.5 Å². The van der Waals surface area contributed by atoms with Gasteiger partial charge in [-0.25, -0.2) is 0 Å². The standard InChI is InChI=1S/C22H15BrClNO4/c1-12-10-13(7-8-16(12)23)20(26)18-19(17-6-3-9-29-17)25(22(28)21(18)27)15-5-2-4-14(24)11-15/h2-11,19,26H,1H3/b20-18-. The molecule has 1 unspecified atom stereocenters. The predicted molar refractivity (Wildman–Crippen MR) is 114 cm³/mol. The molecule has 1 atom stereocenters. The number of halogens is 2. The van der Waals surface area contributed by atoms with Crippen molar-refractivity contribution >= 4 is 50.7 Å². The van der Waals surface area contributed by atoms with Gasteiger partial charge >= 0.3 is 0 Å². The minimum absolute atomic E-state index is 0.0355. The number of hydrogen-bond donors (Lipinski definition) is 1. The van der Waals surface area contributed by atoms with Gasteiger partial charge in [0.2, 0.25) is 0 Å². The molecule has 0 spiro atoms. The van der Waals surface area contributed by atoms with E-state index in [2.05, 4.69) is 15.9 Å². The van der Waals surface area contributed by atoms with Gasteiger partial charge in [0.1, 0.15) is 17.6 Å². The Balaban J connectivity index is 1.94. The number of amides is 1. The molecule has 4 rings (SSSR count). The summed E-state index contributed by atoms with van der Waals surface area (Å²) in [4.78, 5) is 27.2. The molecule has 7 heteroatoms. The highest BCUT2D eigenvalue weighted by Gasteiger charge is 2.48. The lowest BCUT2D eigenvalue weighted by Gasteiger charge is -2.23. The second kappa shape index (κ2) is 7.54. The summed E-state index contributed by atoms with van der Waals surface area (Å²) in [7, 11) is 0. The van der Waals surface area contributed by atoms with Gasteiger partial charge in [-0.05, 0) is 55.0 Å². The molecular formula is C22H15BrClNO4. The van der Waals surface area contributed by atoms with E-state index >= 15 is 0 Å². The van der Waals surface area contributed by atoms with Crippen molar-refractivity contribution in [2.75, 3.05) is 4.90 Å². The van der Waals surface area contributed by atoms with Crippen LogP contribution in [0.25, 0.3) is 5.76 Å². The van der Waals surface area contributed by atoms with Crippen LogP contribution >= 0.6 is 27.5 Å². The van der Waals surface area contributed by atoms with Crippen molar-refractivity contribution in [2.24, 2.45) is 0 Å². The molecule has 1 aliphatic rings. The lowest BCUT2D eigenvalue weighted by Crippen LogP contribution is -2.29. The Morgan fingerprint density at radius 1 is 1.14 bits per heavy atom. The highest BCUT2D eigenvalue weighted by atomic mass is 79.9. The summed E-state index contributed by atoms with van der Waals surface area (Å²) in [6.07, 6.45) is 1.46. The van der Waals surface area contributed by atoms with Gasteiger partial charge in [-0.15, -0.1) is 0 Å². The maximum Gasteiger partial charge on any atom is 0.300 e. The number of furan rings is 1. The maximum atomic E-state index is 13.0. The number of carbonyl (C=O) groups is 2. The number of aliphatic hydroxyl groups excluding tert-OH is 1. The zero-order valence-corrected chi connectivity index (χ0v) is 17.6. The summed E-state index contributed by atoms with van der Waals surface area (Å²) in [6.45, 7) is 1.87. The number of ketones is 1. The van der Waals surface area contributed by atoms with E-state index in [0.29, 0.717) is 22.0 Å². The first-order valence-corrected chi connectivity index (χ1v) is 9.92. The van der Waals surface area contributed by atoms with E-state index in [1.165, 1.54) is 11.2 Å². The van der Waals surface area contributed by atoms with Gasteiger partial charge in [0.15, 0.2) is 0 Å². The second-order valence-electron chi connectivity index (χ2n) is 6.63. The third-order valence-corrected chi connectivity index (χ3v) is 5.90. The van der Waals surface area contributed by atoms with E-state index in [4.69, 9.17) is 16.0 Å². The normalized spacial score (nSPS) is 18.4. The molecule has 146 valence electrons. The first-order valence-electron chi connectivity index (χ1n) is 8.75. The topological polar surface area (TPSA) is 70.8 Å². The van der Waals surface area contributed by atoms with E-state index < -0.39 is 17.7 Å². The lowest BCUT2D eigenvalue weighted by molar-refractivity contribution is -0.132. The predicted octanol–water partition coefficient (Wildman–Crippen LogP) is 5.63. The van der Waals surface area contributed by atoms with E-state index in [9.17, 15) is 14.7 Å². The smallest absolute Gasteiger partial charge is 0.300 e. The molecule has 3 aromatic rings. The number of benzene rings is 2. The number of rotatable bonds is 3. The van der Waals surface area contributed by atoms with E-state index in [0.717, 1.165) is 10.0 Å². The van der Waals surface area contributed by atoms with E-state index in [1.807, 2.05) is 6.92 Å². The Morgan fingerprint density at radius 2 is 1.93 bits per heavy atom. The molecule has 0 aliphatic carbocycles. The molecule has 2 aromatic carbocycles. The van der Waals surface area contributed by atoms with Crippen LogP contribution in [0.1, 0.15) is 22.9 Å². The molecule has 2 heterocycles. The summed E-state index contributed by atoms with van der Waals surface area (Å²) in [5.74, 6) is -1.45. The minimum Gasteiger partial charge on any atom is -0.507 e. The average Bonchev–Trinajstić information content (AvgIpc) is 3.31. The number of Topliss-reactive ketones (excluding diaryl/α,β-unsaturated/α-hetero) is 1. The third kappa shape index (κ3) is 3.39. The van der Waals surface area contributed by atoms with Crippen molar-refractivity contribution in [3.05, 3.63) is 92.8 Å². The van der Waals surface area contributed by atoms with Gasteiger partial charge in [0.05, 0.1) is 11.8 Å². The number of carbonyl (C=O) groups excluding carboxylic acids is 2. The molecule has 0 bridgehead atoms. The van der Waals surface area contributed by atoms with Crippen LogP contribution in [-0.2, 0) is 9.59 Å². The van der Waals surface area contributed by atoms with Gasteiger partial charge in [0, 0.05) is 20.7 Å². The van der Waals surface area contributed by atoms with Crippen molar-refractivity contribution in [1.82, 2.24) is 0 Å². The SMILES string of the molecule is Cc1cc(/C(O)=C2/C(=O)C(=O)N(c3cccc(Cl)c3)C2c2ccco2)ccc1Br. The molecule has 0 saturated carbocycles. The number of aryl methyl sites for hydroxylation is 1. The Hall–Kier alpha value is -2.83. The monoisotopic (exact) mass is 471 g/mol. The summed E-state index contributed by atoms with van der Waals surface area (Å²) < 4.78 is 6.39. The summed E-state index contributed by atoms with van der Waals surface area (Å²) in [5.41, 5.74) is 1.72. The molecule has 1 saturated heterocycles.